The summed E-state index contributed by atoms with van der Waals surface area (Å²) in [5.41, 5.74) is 4.95. The molecule has 3 N–H and O–H groups in total. The second-order valence-electron chi connectivity index (χ2n) is 7.63. The monoisotopic (exact) mass is 347 g/mol. The van der Waals surface area contributed by atoms with E-state index in [1.54, 1.807) is 20.8 Å². The van der Waals surface area contributed by atoms with Crippen molar-refractivity contribution in [2.24, 2.45) is 5.73 Å². The molecule has 0 aliphatic heterocycles. The molecule has 0 aliphatic carbocycles. The zero-order chi connectivity index (χ0) is 18.1. The van der Waals surface area contributed by atoms with Crippen LogP contribution < -0.4 is 11.1 Å². The van der Waals surface area contributed by atoms with Crippen molar-refractivity contribution in [3.8, 4) is 0 Å². The van der Waals surface area contributed by atoms with Crippen LogP contribution >= 0.6 is 0 Å². The molecule has 0 unspecified atom stereocenters. The number of alkyl carbamates (subject to hydrolysis) is 1. The highest BCUT2D eigenvalue weighted by atomic mass is 28.3. The number of amides is 2. The molecule has 0 rings (SSSR count). The van der Waals surface area contributed by atoms with Crippen molar-refractivity contribution in [1.29, 1.82) is 0 Å². The first kappa shape index (κ1) is 21.7. The highest BCUT2D eigenvalue weighted by molar-refractivity contribution is 6.76. The largest absolute Gasteiger partial charge is 0.450 e. The van der Waals surface area contributed by atoms with Crippen LogP contribution in [0.15, 0.2) is 0 Å². The number of rotatable bonds is 8. The third-order valence-electron chi connectivity index (χ3n) is 2.79. The molecule has 7 nitrogen and oxygen atoms in total. The van der Waals surface area contributed by atoms with Crippen molar-refractivity contribution in [3.05, 3.63) is 0 Å². The molecular formula is C15H33N3O4Si. The summed E-state index contributed by atoms with van der Waals surface area (Å²) in [6.07, 6.45) is -0.892. The minimum Gasteiger partial charge on any atom is -0.450 e. The van der Waals surface area contributed by atoms with E-state index in [1.807, 2.05) is 0 Å². The Bertz CT molecular complexity index is 378. The summed E-state index contributed by atoms with van der Waals surface area (Å²) in [5, 5.41) is 2.64. The maximum Gasteiger partial charge on any atom is 0.410 e. The van der Waals surface area contributed by atoms with Gasteiger partial charge in [-0.05, 0) is 26.8 Å². The van der Waals surface area contributed by atoms with Crippen LogP contribution in [0, 0.1) is 0 Å². The number of hydrogen-bond acceptors (Lipinski definition) is 5. The lowest BCUT2D eigenvalue weighted by Gasteiger charge is -2.27. The topological polar surface area (TPSA) is 93.9 Å². The number of nitrogens with one attached hydrogen (secondary N) is 1. The van der Waals surface area contributed by atoms with E-state index >= 15 is 0 Å². The molecule has 136 valence electrons. The molecule has 0 bridgehead atoms. The Hall–Kier alpha value is -1.28. The molecular weight excluding hydrogens is 314 g/mol. The van der Waals surface area contributed by atoms with Crippen LogP contribution in [0.1, 0.15) is 20.8 Å². The quantitative estimate of drug-likeness (QED) is 0.657. The van der Waals surface area contributed by atoms with Gasteiger partial charge in [-0.15, -0.1) is 0 Å². The van der Waals surface area contributed by atoms with Gasteiger partial charge in [0.05, 0.1) is 6.61 Å². The van der Waals surface area contributed by atoms with E-state index in [-0.39, 0.29) is 0 Å². The Kier molecular flexibility index (Phi) is 9.22. The highest BCUT2D eigenvalue weighted by Crippen LogP contribution is 2.09. The number of ether oxygens (including phenoxy) is 2. The smallest absolute Gasteiger partial charge is 0.410 e. The SMILES string of the molecule is CC(C)(C)OC(=O)N(CCN)CCNC(=O)OCC[Si](C)(C)C. The Balaban J connectivity index is 4.13. The molecule has 2 amide bonds. The summed E-state index contributed by atoms with van der Waals surface area (Å²) in [7, 11) is -1.21. The first-order valence-corrected chi connectivity index (χ1v) is 11.7. The molecule has 0 fully saturated rings. The first-order chi connectivity index (χ1) is 10.4. The number of nitrogens with zero attached hydrogens (tertiary/aromatic N) is 1. The lowest BCUT2D eigenvalue weighted by molar-refractivity contribution is 0.0256. The van der Waals surface area contributed by atoms with Crippen molar-refractivity contribution in [2.45, 2.75) is 52.1 Å². The predicted octanol–water partition coefficient (Wildman–Crippen LogP) is 2.25. The van der Waals surface area contributed by atoms with Gasteiger partial charge in [0.25, 0.3) is 0 Å². The van der Waals surface area contributed by atoms with Crippen LogP contribution in [0.25, 0.3) is 0 Å². The molecule has 0 spiro atoms. The van der Waals surface area contributed by atoms with Crippen molar-refractivity contribution >= 4 is 20.3 Å². The Labute approximate surface area is 140 Å². The molecule has 23 heavy (non-hydrogen) atoms. The van der Waals surface area contributed by atoms with Crippen LogP contribution in [0.4, 0.5) is 9.59 Å². The predicted molar refractivity (Wildman–Crippen MR) is 94.4 cm³/mol. The molecule has 0 heterocycles. The van der Waals surface area contributed by atoms with Crippen molar-refractivity contribution < 1.29 is 19.1 Å². The summed E-state index contributed by atoms with van der Waals surface area (Å²) < 4.78 is 10.4. The second-order valence-corrected chi connectivity index (χ2v) is 13.3. The Morgan fingerprint density at radius 2 is 1.78 bits per heavy atom. The van der Waals surface area contributed by atoms with Gasteiger partial charge in [-0.25, -0.2) is 9.59 Å². The molecule has 0 aromatic heterocycles. The first-order valence-electron chi connectivity index (χ1n) is 8.03. The van der Waals surface area contributed by atoms with Gasteiger partial charge >= 0.3 is 12.2 Å². The zero-order valence-corrected chi connectivity index (χ0v) is 16.4. The number of carbonyl (C=O) groups excluding carboxylic acids is 2. The molecule has 0 saturated carbocycles. The maximum absolute atomic E-state index is 12.0. The molecule has 0 aliphatic rings. The fraction of sp³-hybridized carbons (Fsp3) is 0.867. The average molecular weight is 348 g/mol. The van der Waals surface area contributed by atoms with Gasteiger partial charge in [0.15, 0.2) is 0 Å². The molecule has 0 aromatic carbocycles. The normalized spacial score (nSPS) is 11.8. The second kappa shape index (κ2) is 9.77. The Morgan fingerprint density at radius 3 is 2.26 bits per heavy atom. The van der Waals surface area contributed by atoms with Gasteiger partial charge in [-0.1, -0.05) is 19.6 Å². The van der Waals surface area contributed by atoms with Crippen molar-refractivity contribution in [3.63, 3.8) is 0 Å². The fourth-order valence-corrected chi connectivity index (χ4v) is 2.28. The fourth-order valence-electron chi connectivity index (χ4n) is 1.57. The maximum atomic E-state index is 12.0. The number of hydrogen-bond donors (Lipinski definition) is 2. The average Bonchev–Trinajstić information content (AvgIpc) is 2.34. The minimum absolute atomic E-state index is 0.297. The van der Waals surface area contributed by atoms with Crippen LogP contribution in [0.5, 0.6) is 0 Å². The molecule has 8 heteroatoms. The van der Waals surface area contributed by atoms with E-state index in [0.29, 0.717) is 32.8 Å². The molecule has 0 saturated heterocycles. The minimum atomic E-state index is -1.21. The summed E-state index contributed by atoms with van der Waals surface area (Å²) in [5.74, 6) is 0. The van der Waals surface area contributed by atoms with Crippen molar-refractivity contribution in [1.82, 2.24) is 10.2 Å². The lowest BCUT2D eigenvalue weighted by Crippen LogP contribution is -2.43. The summed E-state index contributed by atoms with van der Waals surface area (Å²) in [4.78, 5) is 25.1. The van der Waals surface area contributed by atoms with E-state index < -0.39 is 25.9 Å². The Morgan fingerprint density at radius 1 is 1.17 bits per heavy atom. The standard InChI is InChI=1S/C15H33N3O4Si/c1-15(2,3)22-14(20)18(9-7-16)10-8-17-13(19)21-11-12-23(4,5)6/h7-12,16H2,1-6H3,(H,17,19). The van der Waals surface area contributed by atoms with Crippen molar-refractivity contribution in [2.75, 3.05) is 32.8 Å². The van der Waals surface area contributed by atoms with Crippen LogP contribution in [0.3, 0.4) is 0 Å². The van der Waals surface area contributed by atoms with Gasteiger partial charge < -0.3 is 25.4 Å². The van der Waals surface area contributed by atoms with Gasteiger partial charge in [0.1, 0.15) is 5.60 Å². The van der Waals surface area contributed by atoms with E-state index in [2.05, 4.69) is 25.0 Å². The van der Waals surface area contributed by atoms with E-state index in [0.717, 1.165) is 6.04 Å². The summed E-state index contributed by atoms with van der Waals surface area (Å²) >= 11 is 0. The lowest BCUT2D eigenvalue weighted by atomic mass is 10.2. The molecule has 0 atom stereocenters. The summed E-state index contributed by atoms with van der Waals surface area (Å²) in [6.45, 7) is 13.8. The van der Waals surface area contributed by atoms with Gasteiger partial charge in [-0.2, -0.15) is 0 Å². The molecule has 0 aromatic rings. The van der Waals surface area contributed by atoms with Gasteiger partial charge in [-0.3, -0.25) is 0 Å². The van der Waals surface area contributed by atoms with Gasteiger partial charge in [0.2, 0.25) is 0 Å². The third-order valence-corrected chi connectivity index (χ3v) is 4.49. The molecule has 0 radical (unpaired) electrons. The third kappa shape index (κ3) is 12.9. The van der Waals surface area contributed by atoms with Gasteiger partial charge in [0, 0.05) is 34.3 Å². The van der Waals surface area contributed by atoms with Crippen LogP contribution in [-0.4, -0.2) is 63.5 Å². The van der Waals surface area contributed by atoms with Crippen LogP contribution in [0.2, 0.25) is 25.7 Å². The number of nitrogens with two attached hydrogens (primary N) is 1. The van der Waals surface area contributed by atoms with E-state index in [4.69, 9.17) is 15.2 Å². The highest BCUT2D eigenvalue weighted by Gasteiger charge is 2.21. The van der Waals surface area contributed by atoms with Crippen LogP contribution in [-0.2, 0) is 9.47 Å². The zero-order valence-electron chi connectivity index (χ0n) is 15.4. The van der Waals surface area contributed by atoms with E-state index in [9.17, 15) is 9.59 Å². The summed E-state index contributed by atoms with van der Waals surface area (Å²) in [6, 6.07) is 0.928. The van der Waals surface area contributed by atoms with E-state index in [1.165, 1.54) is 4.90 Å². The number of carbonyl (C=O) groups is 2.